The normalized spacial score (nSPS) is 20.8. The van der Waals surface area contributed by atoms with Gasteiger partial charge in [0.1, 0.15) is 0 Å². The number of rotatable bonds is 1. The van der Waals surface area contributed by atoms with Crippen LogP contribution in [-0.4, -0.2) is 29.8 Å². The van der Waals surface area contributed by atoms with Crippen LogP contribution in [-0.2, 0) is 9.59 Å². The molecule has 0 radical (unpaired) electrons. The maximum atomic E-state index is 11.4. The highest BCUT2D eigenvalue weighted by Gasteiger charge is 2.25. The van der Waals surface area contributed by atoms with Crippen molar-refractivity contribution in [3.63, 3.8) is 0 Å². The van der Waals surface area contributed by atoms with Crippen LogP contribution in [0, 0.1) is 0 Å². The highest BCUT2D eigenvalue weighted by atomic mass is 16.2. The smallest absolute Gasteiger partial charge is 0.246 e. The molecule has 0 aromatic heterocycles. The molecule has 0 bridgehead atoms. The summed E-state index contributed by atoms with van der Waals surface area (Å²) in [6, 6.07) is 0. The van der Waals surface area contributed by atoms with Crippen molar-refractivity contribution < 1.29 is 9.59 Å². The minimum absolute atomic E-state index is 0.0292. The van der Waals surface area contributed by atoms with Gasteiger partial charge in [0.05, 0.1) is 0 Å². The van der Waals surface area contributed by atoms with Gasteiger partial charge in [-0.25, -0.2) is 0 Å². The van der Waals surface area contributed by atoms with Crippen LogP contribution in [0.4, 0.5) is 0 Å². The Kier molecular flexibility index (Phi) is 2.58. The fourth-order valence-corrected chi connectivity index (χ4v) is 2.02. The first-order valence-electron chi connectivity index (χ1n) is 5.13. The highest BCUT2D eigenvalue weighted by molar-refractivity contribution is 5.87. The van der Waals surface area contributed by atoms with Gasteiger partial charge in [0.25, 0.3) is 0 Å². The van der Waals surface area contributed by atoms with Crippen LogP contribution in [0.15, 0.2) is 23.9 Å². The molecule has 80 valence electrons. The van der Waals surface area contributed by atoms with E-state index in [1.807, 2.05) is 0 Å². The topological polar surface area (TPSA) is 49.4 Å². The van der Waals surface area contributed by atoms with Crippen molar-refractivity contribution in [1.29, 1.82) is 0 Å². The lowest BCUT2D eigenvalue weighted by Gasteiger charge is -2.32. The molecule has 4 heteroatoms. The van der Waals surface area contributed by atoms with E-state index in [9.17, 15) is 9.59 Å². The number of hydrogen-bond donors (Lipinski definition) is 1. The Morgan fingerprint density at radius 1 is 1.40 bits per heavy atom. The van der Waals surface area contributed by atoms with Gasteiger partial charge in [0, 0.05) is 31.6 Å². The molecule has 0 unspecified atom stereocenters. The van der Waals surface area contributed by atoms with E-state index in [2.05, 4.69) is 11.9 Å². The summed E-state index contributed by atoms with van der Waals surface area (Å²) in [7, 11) is 0. The minimum Gasteiger partial charge on any atom is -0.335 e. The second-order valence-corrected chi connectivity index (χ2v) is 3.84. The summed E-state index contributed by atoms with van der Waals surface area (Å²) in [4.78, 5) is 24.3. The Hall–Kier alpha value is -1.58. The van der Waals surface area contributed by atoms with Crippen molar-refractivity contribution in [1.82, 2.24) is 10.2 Å². The van der Waals surface area contributed by atoms with Crippen LogP contribution in [0.3, 0.4) is 0 Å². The van der Waals surface area contributed by atoms with Gasteiger partial charge in [-0.3, -0.25) is 9.59 Å². The van der Waals surface area contributed by atoms with Crippen molar-refractivity contribution in [2.45, 2.75) is 19.3 Å². The molecule has 0 saturated carbocycles. The fraction of sp³-hybridized carbons (Fsp3) is 0.455. The third-order valence-electron chi connectivity index (χ3n) is 2.87. The predicted molar refractivity (Wildman–Crippen MR) is 55.8 cm³/mol. The SMILES string of the molecule is C=CC(=O)N1CCC2=C(CCC(=O)N2)C1. The summed E-state index contributed by atoms with van der Waals surface area (Å²) in [6.07, 6.45) is 3.41. The van der Waals surface area contributed by atoms with Crippen molar-refractivity contribution >= 4 is 11.8 Å². The first-order chi connectivity index (χ1) is 7.20. The third kappa shape index (κ3) is 1.93. The quantitative estimate of drug-likeness (QED) is 0.638. The molecule has 2 heterocycles. The van der Waals surface area contributed by atoms with Crippen LogP contribution in [0.1, 0.15) is 19.3 Å². The largest absolute Gasteiger partial charge is 0.335 e. The van der Waals surface area contributed by atoms with Crippen LogP contribution in [0.5, 0.6) is 0 Å². The third-order valence-corrected chi connectivity index (χ3v) is 2.87. The van der Waals surface area contributed by atoms with E-state index in [4.69, 9.17) is 0 Å². The van der Waals surface area contributed by atoms with Crippen molar-refractivity contribution in [2.75, 3.05) is 13.1 Å². The number of carbonyl (C=O) groups excluding carboxylic acids is 2. The molecular weight excluding hydrogens is 192 g/mol. The standard InChI is InChI=1S/C11H14N2O2/c1-2-11(15)13-6-5-9-8(7-13)3-4-10(14)12-9/h2H,1,3-7H2,(H,12,14). The molecule has 0 fully saturated rings. The van der Waals surface area contributed by atoms with E-state index in [0.717, 1.165) is 18.5 Å². The van der Waals surface area contributed by atoms with Crippen LogP contribution >= 0.6 is 0 Å². The van der Waals surface area contributed by atoms with Crippen LogP contribution < -0.4 is 5.32 Å². The Morgan fingerprint density at radius 2 is 2.20 bits per heavy atom. The predicted octanol–water partition coefficient (Wildman–Crippen LogP) is 0.569. The van der Waals surface area contributed by atoms with Crippen molar-refractivity contribution in [2.24, 2.45) is 0 Å². The van der Waals surface area contributed by atoms with E-state index in [-0.39, 0.29) is 11.8 Å². The number of carbonyl (C=O) groups is 2. The summed E-state index contributed by atoms with van der Waals surface area (Å²) in [5, 5.41) is 2.87. The molecule has 0 saturated heterocycles. The molecule has 2 rings (SSSR count). The molecule has 0 aromatic carbocycles. The lowest BCUT2D eigenvalue weighted by molar-refractivity contribution is -0.126. The second kappa shape index (κ2) is 3.88. The molecule has 0 atom stereocenters. The number of nitrogens with zero attached hydrogens (tertiary/aromatic N) is 1. The minimum atomic E-state index is -0.0292. The summed E-state index contributed by atoms with van der Waals surface area (Å²) in [6.45, 7) is 4.78. The molecule has 0 aliphatic carbocycles. The number of nitrogens with one attached hydrogen (secondary N) is 1. The molecule has 0 aromatic rings. The van der Waals surface area contributed by atoms with Gasteiger partial charge in [-0.1, -0.05) is 6.58 Å². The van der Waals surface area contributed by atoms with Gasteiger partial charge >= 0.3 is 0 Å². The fourth-order valence-electron chi connectivity index (χ4n) is 2.02. The highest BCUT2D eigenvalue weighted by Crippen LogP contribution is 2.23. The maximum Gasteiger partial charge on any atom is 0.246 e. The van der Waals surface area contributed by atoms with Gasteiger partial charge in [0.15, 0.2) is 0 Å². The number of hydrogen-bond acceptors (Lipinski definition) is 2. The molecule has 2 amide bonds. The molecule has 0 spiro atoms. The lowest BCUT2D eigenvalue weighted by Crippen LogP contribution is -2.41. The maximum absolute atomic E-state index is 11.4. The molecular formula is C11H14N2O2. The summed E-state index contributed by atoms with van der Waals surface area (Å²) >= 11 is 0. The average Bonchev–Trinajstić information content (AvgIpc) is 2.27. The Bertz CT molecular complexity index is 358. The zero-order valence-electron chi connectivity index (χ0n) is 8.58. The Morgan fingerprint density at radius 3 is 2.93 bits per heavy atom. The van der Waals surface area contributed by atoms with Gasteiger partial charge in [-0.2, -0.15) is 0 Å². The molecule has 2 aliphatic heterocycles. The van der Waals surface area contributed by atoms with Gasteiger partial charge in [-0.05, 0) is 18.1 Å². The van der Waals surface area contributed by atoms with E-state index in [0.29, 0.717) is 19.5 Å². The van der Waals surface area contributed by atoms with Crippen LogP contribution in [0.2, 0.25) is 0 Å². The summed E-state index contributed by atoms with van der Waals surface area (Å²) < 4.78 is 0. The van der Waals surface area contributed by atoms with Crippen molar-refractivity contribution in [3.8, 4) is 0 Å². The van der Waals surface area contributed by atoms with Gasteiger partial charge in [0.2, 0.25) is 11.8 Å². The van der Waals surface area contributed by atoms with Crippen LogP contribution in [0.25, 0.3) is 0 Å². The first-order valence-corrected chi connectivity index (χ1v) is 5.13. The molecule has 15 heavy (non-hydrogen) atoms. The average molecular weight is 206 g/mol. The molecule has 4 nitrogen and oxygen atoms in total. The molecule has 1 N–H and O–H groups in total. The van der Waals surface area contributed by atoms with E-state index < -0.39 is 0 Å². The summed E-state index contributed by atoms with van der Waals surface area (Å²) in [5.74, 6) is 0.0655. The zero-order chi connectivity index (χ0) is 10.8. The summed E-state index contributed by atoms with van der Waals surface area (Å²) in [5.41, 5.74) is 2.22. The zero-order valence-corrected chi connectivity index (χ0v) is 8.58. The van der Waals surface area contributed by atoms with Gasteiger partial charge in [-0.15, -0.1) is 0 Å². The van der Waals surface area contributed by atoms with E-state index in [1.54, 1.807) is 4.90 Å². The van der Waals surface area contributed by atoms with Gasteiger partial charge < -0.3 is 10.2 Å². The lowest BCUT2D eigenvalue weighted by atomic mass is 9.97. The Labute approximate surface area is 88.6 Å². The van der Waals surface area contributed by atoms with Crippen molar-refractivity contribution in [3.05, 3.63) is 23.9 Å². The number of amides is 2. The molecule has 2 aliphatic rings. The first kappa shape index (κ1) is 9.96. The van der Waals surface area contributed by atoms with E-state index >= 15 is 0 Å². The van der Waals surface area contributed by atoms with E-state index in [1.165, 1.54) is 11.6 Å². The second-order valence-electron chi connectivity index (χ2n) is 3.84. The Balaban J connectivity index is 2.11. The monoisotopic (exact) mass is 206 g/mol.